The number of ether oxygens (including phenoxy) is 2. The van der Waals surface area contributed by atoms with E-state index >= 15 is 0 Å². The molecule has 48 heavy (non-hydrogen) atoms. The van der Waals surface area contributed by atoms with Crippen LogP contribution >= 0.6 is 0 Å². The van der Waals surface area contributed by atoms with Crippen molar-refractivity contribution in [2.24, 2.45) is 16.7 Å². The average molecular weight is 653 g/mol. The summed E-state index contributed by atoms with van der Waals surface area (Å²) in [6.07, 6.45) is 34.2. The molecule has 0 bridgehead atoms. The molecule has 0 radical (unpaired) electrons. The summed E-state index contributed by atoms with van der Waals surface area (Å²) >= 11 is 0. The highest BCUT2D eigenvalue weighted by Gasteiger charge is 2.36. The number of esters is 2. The number of carbonyl (C=O) groups is 2. The Labute approximate surface area is 291 Å². The lowest BCUT2D eigenvalue weighted by molar-refractivity contribution is -0.148. The van der Waals surface area contributed by atoms with E-state index in [-0.39, 0.29) is 35.0 Å². The predicted molar refractivity (Wildman–Crippen MR) is 203 cm³/mol. The van der Waals surface area contributed by atoms with Crippen LogP contribution in [0, 0.1) is 16.7 Å². The second-order valence-electron chi connectivity index (χ2n) is 14.9. The molecule has 2 rings (SSSR count). The molecule has 3 unspecified atom stereocenters. The minimum absolute atomic E-state index is 0.0110. The summed E-state index contributed by atoms with van der Waals surface area (Å²) in [4.78, 5) is 22.9. The summed E-state index contributed by atoms with van der Waals surface area (Å²) in [5, 5.41) is 0. The Kier molecular flexibility index (Phi) is 15.6. The first-order chi connectivity index (χ1) is 22.4. The third kappa shape index (κ3) is 14.1. The molecule has 4 nitrogen and oxygen atoms in total. The zero-order valence-corrected chi connectivity index (χ0v) is 31.6. The molecule has 0 spiro atoms. The third-order valence-corrected chi connectivity index (χ3v) is 8.95. The lowest BCUT2D eigenvalue weighted by Gasteiger charge is -2.39. The van der Waals surface area contributed by atoms with Crippen molar-refractivity contribution < 1.29 is 19.1 Å². The van der Waals surface area contributed by atoms with Crippen LogP contribution in [-0.2, 0) is 19.1 Å². The van der Waals surface area contributed by atoms with E-state index in [0.717, 1.165) is 19.3 Å². The molecule has 0 N–H and O–H groups in total. The minimum atomic E-state index is -0.228. The van der Waals surface area contributed by atoms with Crippen LogP contribution in [0.4, 0.5) is 0 Å². The largest absolute Gasteiger partial charge is 0.462 e. The summed E-state index contributed by atoms with van der Waals surface area (Å²) in [6, 6.07) is 0. The highest BCUT2D eigenvalue weighted by Crippen LogP contribution is 2.43. The van der Waals surface area contributed by atoms with E-state index in [4.69, 9.17) is 9.47 Å². The lowest BCUT2D eigenvalue weighted by Crippen LogP contribution is -2.34. The van der Waals surface area contributed by atoms with Crippen molar-refractivity contribution in [1.82, 2.24) is 0 Å². The van der Waals surface area contributed by atoms with Crippen molar-refractivity contribution in [2.75, 3.05) is 0 Å². The monoisotopic (exact) mass is 652 g/mol. The molecule has 2 aliphatic rings. The molecule has 0 aromatic heterocycles. The maximum absolute atomic E-state index is 11.4. The van der Waals surface area contributed by atoms with Gasteiger partial charge < -0.3 is 9.47 Å². The van der Waals surface area contributed by atoms with Gasteiger partial charge in [-0.3, -0.25) is 9.59 Å². The van der Waals surface area contributed by atoms with Gasteiger partial charge >= 0.3 is 11.9 Å². The molecule has 0 amide bonds. The van der Waals surface area contributed by atoms with E-state index in [0.29, 0.717) is 5.92 Å². The Morgan fingerprint density at radius 3 is 1.69 bits per heavy atom. The fourth-order valence-electron chi connectivity index (χ4n) is 6.69. The number of hydrogen-bond donors (Lipinski definition) is 0. The summed E-state index contributed by atoms with van der Waals surface area (Å²) in [5.74, 6) is -0.130. The minimum Gasteiger partial charge on any atom is -0.462 e. The molecular formula is C44H60O4. The average Bonchev–Trinajstić information content (AvgIpc) is 2.93. The molecule has 0 saturated heterocycles. The predicted octanol–water partition coefficient (Wildman–Crippen LogP) is 11.5. The molecule has 2 aliphatic carbocycles. The lowest BCUT2D eigenvalue weighted by atomic mass is 9.67. The van der Waals surface area contributed by atoms with Gasteiger partial charge in [0.15, 0.2) is 0 Å². The second kappa shape index (κ2) is 18.6. The van der Waals surface area contributed by atoms with Crippen LogP contribution in [0.3, 0.4) is 0 Å². The molecule has 3 atom stereocenters. The summed E-state index contributed by atoms with van der Waals surface area (Å²) in [7, 11) is 0. The topological polar surface area (TPSA) is 52.6 Å². The van der Waals surface area contributed by atoms with Crippen molar-refractivity contribution in [3.63, 3.8) is 0 Å². The second-order valence-corrected chi connectivity index (χ2v) is 14.9. The molecule has 0 heterocycles. The van der Waals surface area contributed by atoms with Gasteiger partial charge in [-0.15, -0.1) is 0 Å². The van der Waals surface area contributed by atoms with Crippen LogP contribution < -0.4 is 0 Å². The summed E-state index contributed by atoms with van der Waals surface area (Å²) < 4.78 is 11.0. The molecule has 0 aromatic rings. The van der Waals surface area contributed by atoms with Gasteiger partial charge in [-0.25, -0.2) is 0 Å². The fraction of sp³-hybridized carbons (Fsp3) is 0.455. The maximum Gasteiger partial charge on any atom is 0.303 e. The number of carbonyl (C=O) groups excluding carboxylic acids is 2. The van der Waals surface area contributed by atoms with Crippen LogP contribution in [0.15, 0.2) is 130 Å². The van der Waals surface area contributed by atoms with E-state index in [9.17, 15) is 9.59 Å². The van der Waals surface area contributed by atoms with Crippen molar-refractivity contribution in [2.45, 2.75) is 115 Å². The number of allylic oxidation sites excluding steroid dienone is 20. The van der Waals surface area contributed by atoms with Crippen molar-refractivity contribution in [1.29, 1.82) is 0 Å². The maximum atomic E-state index is 11.4. The Balaban J connectivity index is 1.92. The van der Waals surface area contributed by atoms with E-state index in [2.05, 4.69) is 160 Å². The third-order valence-electron chi connectivity index (χ3n) is 8.95. The first-order valence-electron chi connectivity index (χ1n) is 17.2. The molecule has 4 heteroatoms. The van der Waals surface area contributed by atoms with Crippen molar-refractivity contribution >= 4 is 11.9 Å². The number of hydrogen-bond acceptors (Lipinski definition) is 4. The molecule has 0 fully saturated rings. The standard InChI is InChI=1S/C44H60O4/c1-31(19-15-21-33(3)23-25-41-35(5)27-39(47-37(7)45)29-43(41,9)10)17-13-14-18-32(2)20-16-22-34(4)24-26-42-36(6)28-40(48-38(8)46)30-44(42,11)12/h13-27,39-41H,28-30H2,1-12H3/b14-13+,19-15+,20-16+,25-23+,26-24+,31-17+,32-18+,33-21+,34-22+. The van der Waals surface area contributed by atoms with E-state index in [1.165, 1.54) is 52.9 Å². The Bertz CT molecular complexity index is 1500. The van der Waals surface area contributed by atoms with E-state index in [1.807, 2.05) is 0 Å². The zero-order valence-electron chi connectivity index (χ0n) is 31.6. The molecular weight excluding hydrogens is 592 g/mol. The summed E-state index contributed by atoms with van der Waals surface area (Å²) in [6.45, 7) is 24.6. The Morgan fingerprint density at radius 1 is 0.688 bits per heavy atom. The Hall–Kier alpha value is -3.92. The van der Waals surface area contributed by atoms with Crippen LogP contribution in [0.1, 0.15) is 102 Å². The molecule has 0 saturated carbocycles. The zero-order chi connectivity index (χ0) is 36.1. The van der Waals surface area contributed by atoms with Gasteiger partial charge in [0.1, 0.15) is 12.2 Å². The van der Waals surface area contributed by atoms with Gasteiger partial charge in [0.25, 0.3) is 0 Å². The molecule has 0 aliphatic heterocycles. The van der Waals surface area contributed by atoms with Gasteiger partial charge in [0, 0.05) is 26.2 Å². The van der Waals surface area contributed by atoms with Gasteiger partial charge in [0.2, 0.25) is 0 Å². The smallest absolute Gasteiger partial charge is 0.303 e. The van der Waals surface area contributed by atoms with Gasteiger partial charge in [-0.1, -0.05) is 146 Å². The highest BCUT2D eigenvalue weighted by molar-refractivity contribution is 5.66. The quantitative estimate of drug-likeness (QED) is 0.120. The van der Waals surface area contributed by atoms with Crippen LogP contribution in [0.25, 0.3) is 0 Å². The first kappa shape index (κ1) is 40.3. The summed E-state index contributed by atoms with van der Waals surface area (Å²) in [5.41, 5.74) is 8.53. The van der Waals surface area contributed by atoms with Crippen molar-refractivity contribution in [3.8, 4) is 0 Å². The fourth-order valence-corrected chi connectivity index (χ4v) is 6.69. The highest BCUT2D eigenvalue weighted by atomic mass is 16.5. The van der Waals surface area contributed by atoms with Crippen molar-refractivity contribution in [3.05, 3.63) is 130 Å². The van der Waals surface area contributed by atoms with Gasteiger partial charge in [-0.2, -0.15) is 0 Å². The van der Waals surface area contributed by atoms with Gasteiger partial charge in [0.05, 0.1) is 0 Å². The molecule has 260 valence electrons. The molecule has 0 aromatic carbocycles. The SMILES string of the molecule is CC(=O)OC1C=C(C)C(/C=C/C(C)=C/C=C/C(C)=C/C=C/C=C(C)/C=C/C=C(C)/C=C/C2=C(C)CC(OC(C)=O)CC2(C)C)C(C)(C)C1. The van der Waals surface area contributed by atoms with Crippen LogP contribution in [0.5, 0.6) is 0 Å². The van der Waals surface area contributed by atoms with E-state index in [1.54, 1.807) is 0 Å². The van der Waals surface area contributed by atoms with E-state index < -0.39 is 0 Å². The normalized spacial score (nSPS) is 24.4. The Morgan fingerprint density at radius 2 is 1.19 bits per heavy atom. The number of rotatable bonds is 12. The van der Waals surface area contributed by atoms with Crippen LogP contribution in [-0.4, -0.2) is 24.1 Å². The van der Waals surface area contributed by atoms with Crippen LogP contribution in [0.2, 0.25) is 0 Å². The first-order valence-corrected chi connectivity index (χ1v) is 17.2. The van der Waals surface area contributed by atoms with Gasteiger partial charge in [-0.05, 0) is 76.9 Å².